The Hall–Kier alpha value is -2.47. The van der Waals surface area contributed by atoms with Gasteiger partial charge in [0.25, 0.3) is 5.91 Å². The fourth-order valence-corrected chi connectivity index (χ4v) is 1.98. The molecule has 0 aliphatic carbocycles. The van der Waals surface area contributed by atoms with Gasteiger partial charge in [0.2, 0.25) is 0 Å². The van der Waals surface area contributed by atoms with Crippen LogP contribution >= 0.6 is 0 Å². The summed E-state index contributed by atoms with van der Waals surface area (Å²) in [6.45, 7) is 0.659. The number of benzene rings is 1. The predicted octanol–water partition coefficient (Wildman–Crippen LogP) is 2.37. The number of hydrogen-bond acceptors (Lipinski definition) is 5. The molecule has 1 amide bonds. The lowest BCUT2D eigenvalue weighted by atomic mass is 10.2. The monoisotopic (exact) mass is 305 g/mol. The van der Waals surface area contributed by atoms with Gasteiger partial charge in [-0.05, 0) is 24.3 Å². The first kappa shape index (κ1) is 15.9. The number of carbonyl (C=O) groups excluding carboxylic acids is 1. The van der Waals surface area contributed by atoms with Crippen molar-refractivity contribution in [1.29, 1.82) is 0 Å². The zero-order chi connectivity index (χ0) is 15.9. The normalized spacial score (nSPS) is 10.3. The summed E-state index contributed by atoms with van der Waals surface area (Å²) < 4.78 is 20.8. The van der Waals surface area contributed by atoms with E-state index >= 15 is 0 Å². The third-order valence-electron chi connectivity index (χ3n) is 3.11. The first-order valence-electron chi connectivity index (χ1n) is 6.74. The lowest BCUT2D eigenvalue weighted by molar-refractivity contribution is 0.0914. The summed E-state index contributed by atoms with van der Waals surface area (Å²) in [6, 6.07) is 8.76. The highest BCUT2D eigenvalue weighted by atomic mass is 16.5. The number of hydrogen-bond donors (Lipinski definition) is 1. The van der Waals surface area contributed by atoms with E-state index in [0.29, 0.717) is 30.4 Å². The topological polar surface area (TPSA) is 69.9 Å². The van der Waals surface area contributed by atoms with Gasteiger partial charge in [0, 0.05) is 25.3 Å². The molecule has 0 saturated carbocycles. The van der Waals surface area contributed by atoms with Gasteiger partial charge in [-0.15, -0.1) is 0 Å². The summed E-state index contributed by atoms with van der Waals surface area (Å²) in [5.74, 6) is 1.91. The van der Waals surface area contributed by atoms with E-state index in [9.17, 15) is 4.79 Å². The second-order valence-corrected chi connectivity index (χ2v) is 4.56. The summed E-state index contributed by atoms with van der Waals surface area (Å²) in [6.07, 6.45) is 0. The summed E-state index contributed by atoms with van der Waals surface area (Å²) in [5.41, 5.74) is 0.848. The third-order valence-corrected chi connectivity index (χ3v) is 3.11. The summed E-state index contributed by atoms with van der Waals surface area (Å²) in [7, 11) is 4.73. The number of amides is 1. The molecule has 0 spiro atoms. The van der Waals surface area contributed by atoms with Crippen molar-refractivity contribution < 1.29 is 23.4 Å². The highest BCUT2D eigenvalue weighted by Crippen LogP contribution is 2.24. The average molecular weight is 305 g/mol. The first-order valence-corrected chi connectivity index (χ1v) is 6.74. The van der Waals surface area contributed by atoms with Gasteiger partial charge in [0.05, 0.1) is 14.2 Å². The maximum atomic E-state index is 12.0. The van der Waals surface area contributed by atoms with Gasteiger partial charge in [-0.2, -0.15) is 0 Å². The molecule has 0 radical (unpaired) electrons. The number of carbonyl (C=O) groups is 1. The Morgan fingerprint density at radius 3 is 2.64 bits per heavy atom. The molecule has 6 nitrogen and oxygen atoms in total. The number of methoxy groups -OCH3 is 3. The maximum Gasteiger partial charge on any atom is 0.287 e. The number of furan rings is 1. The predicted molar refractivity (Wildman–Crippen MR) is 80.1 cm³/mol. The number of rotatable bonds is 7. The fourth-order valence-electron chi connectivity index (χ4n) is 1.98. The second-order valence-electron chi connectivity index (χ2n) is 4.56. The Morgan fingerprint density at radius 2 is 1.95 bits per heavy atom. The van der Waals surface area contributed by atoms with Crippen LogP contribution in [0.3, 0.4) is 0 Å². The molecule has 0 bridgehead atoms. The Kier molecular flexibility index (Phi) is 5.43. The zero-order valence-electron chi connectivity index (χ0n) is 12.8. The van der Waals surface area contributed by atoms with Crippen LogP contribution in [-0.4, -0.2) is 27.2 Å². The molecular weight excluding hydrogens is 286 g/mol. The van der Waals surface area contributed by atoms with Gasteiger partial charge in [0.1, 0.15) is 23.9 Å². The van der Waals surface area contributed by atoms with Crippen LogP contribution in [0.1, 0.15) is 21.9 Å². The fraction of sp³-hybridized carbons (Fsp3) is 0.312. The molecule has 22 heavy (non-hydrogen) atoms. The molecule has 1 aromatic heterocycles. The van der Waals surface area contributed by atoms with E-state index in [4.69, 9.17) is 18.6 Å². The molecule has 6 heteroatoms. The van der Waals surface area contributed by atoms with Crippen LogP contribution in [0.15, 0.2) is 34.7 Å². The van der Waals surface area contributed by atoms with Gasteiger partial charge in [-0.1, -0.05) is 0 Å². The van der Waals surface area contributed by atoms with Crippen LogP contribution in [0, 0.1) is 0 Å². The van der Waals surface area contributed by atoms with E-state index in [0.717, 1.165) is 5.56 Å². The van der Waals surface area contributed by atoms with Crippen LogP contribution in [-0.2, 0) is 17.9 Å². The van der Waals surface area contributed by atoms with Crippen LogP contribution < -0.4 is 14.8 Å². The van der Waals surface area contributed by atoms with Crippen LogP contribution in [0.25, 0.3) is 0 Å². The third kappa shape index (κ3) is 3.79. The summed E-state index contributed by atoms with van der Waals surface area (Å²) in [4.78, 5) is 12.0. The van der Waals surface area contributed by atoms with E-state index in [1.54, 1.807) is 39.5 Å². The molecule has 1 N–H and O–H groups in total. The Morgan fingerprint density at radius 1 is 1.14 bits per heavy atom. The molecule has 1 heterocycles. The molecule has 0 aliphatic rings. The highest BCUT2D eigenvalue weighted by Gasteiger charge is 2.12. The molecule has 0 aliphatic heterocycles. The largest absolute Gasteiger partial charge is 0.497 e. The Labute approximate surface area is 129 Å². The second kappa shape index (κ2) is 7.51. The van der Waals surface area contributed by atoms with Crippen molar-refractivity contribution in [2.45, 2.75) is 13.2 Å². The number of ether oxygens (including phenoxy) is 3. The molecule has 0 fully saturated rings. The molecular formula is C16H19NO5. The minimum absolute atomic E-state index is 0.250. The van der Waals surface area contributed by atoms with Crippen LogP contribution in [0.5, 0.6) is 11.5 Å². The summed E-state index contributed by atoms with van der Waals surface area (Å²) in [5, 5.41) is 2.79. The zero-order valence-corrected chi connectivity index (χ0v) is 12.8. The van der Waals surface area contributed by atoms with Gasteiger partial charge >= 0.3 is 0 Å². The SMILES string of the molecule is COCc1ccc(C(=O)NCc2ccc(OC)cc2OC)o1. The van der Waals surface area contributed by atoms with E-state index < -0.39 is 0 Å². The molecule has 2 aromatic rings. The smallest absolute Gasteiger partial charge is 0.287 e. The number of nitrogens with one attached hydrogen (secondary N) is 1. The van der Waals surface area contributed by atoms with E-state index in [1.165, 1.54) is 0 Å². The highest BCUT2D eigenvalue weighted by molar-refractivity contribution is 5.91. The van der Waals surface area contributed by atoms with Crippen LogP contribution in [0.2, 0.25) is 0 Å². The molecule has 0 atom stereocenters. The Bertz CT molecular complexity index is 635. The molecule has 0 unspecified atom stereocenters. The first-order chi connectivity index (χ1) is 10.7. The van der Waals surface area contributed by atoms with Crippen molar-refractivity contribution in [3.05, 3.63) is 47.4 Å². The van der Waals surface area contributed by atoms with E-state index in [-0.39, 0.29) is 11.7 Å². The van der Waals surface area contributed by atoms with Crippen molar-refractivity contribution in [3.63, 3.8) is 0 Å². The molecule has 118 valence electrons. The van der Waals surface area contributed by atoms with Crippen molar-refractivity contribution in [3.8, 4) is 11.5 Å². The minimum Gasteiger partial charge on any atom is -0.497 e. The minimum atomic E-state index is -0.291. The van der Waals surface area contributed by atoms with Gasteiger partial charge in [-0.3, -0.25) is 4.79 Å². The lowest BCUT2D eigenvalue weighted by Gasteiger charge is -2.10. The van der Waals surface area contributed by atoms with Crippen molar-refractivity contribution in [2.24, 2.45) is 0 Å². The van der Waals surface area contributed by atoms with E-state index in [2.05, 4.69) is 5.32 Å². The Balaban J connectivity index is 2.01. The lowest BCUT2D eigenvalue weighted by Crippen LogP contribution is -2.22. The van der Waals surface area contributed by atoms with Crippen molar-refractivity contribution >= 4 is 5.91 Å². The molecule has 1 aromatic carbocycles. The van der Waals surface area contributed by atoms with Crippen molar-refractivity contribution in [2.75, 3.05) is 21.3 Å². The van der Waals surface area contributed by atoms with E-state index in [1.807, 2.05) is 12.1 Å². The maximum absolute atomic E-state index is 12.0. The quantitative estimate of drug-likeness (QED) is 0.850. The average Bonchev–Trinajstić information content (AvgIpc) is 3.01. The molecule has 2 rings (SSSR count). The van der Waals surface area contributed by atoms with Gasteiger partial charge in [-0.25, -0.2) is 0 Å². The van der Waals surface area contributed by atoms with Crippen molar-refractivity contribution in [1.82, 2.24) is 5.32 Å². The van der Waals surface area contributed by atoms with Crippen LogP contribution in [0.4, 0.5) is 0 Å². The summed E-state index contributed by atoms with van der Waals surface area (Å²) >= 11 is 0. The molecule has 0 saturated heterocycles. The van der Waals surface area contributed by atoms with Gasteiger partial charge < -0.3 is 23.9 Å². The van der Waals surface area contributed by atoms with Gasteiger partial charge in [0.15, 0.2) is 5.76 Å². The standard InChI is InChI=1S/C16H19NO5/c1-19-10-13-6-7-14(22-13)16(18)17-9-11-4-5-12(20-2)8-15(11)21-3/h4-8H,9-10H2,1-3H3,(H,17,18).